The maximum Gasteiger partial charge on any atom is 0.251 e. The van der Waals surface area contributed by atoms with Crippen molar-refractivity contribution < 1.29 is 19.5 Å². The second-order valence-corrected chi connectivity index (χ2v) is 14.3. The summed E-state index contributed by atoms with van der Waals surface area (Å²) in [6.07, 6.45) is 8.21. The molecular weight excluding hydrogens is 582 g/mol. The number of unbranched alkanes of at least 4 members (excludes halogenated alkanes) is 3. The number of aliphatic hydroxyl groups is 1. The molecule has 2 unspecified atom stereocenters. The van der Waals surface area contributed by atoms with Crippen molar-refractivity contribution in [3.05, 3.63) is 90.5 Å². The van der Waals surface area contributed by atoms with E-state index in [-0.39, 0.29) is 29.6 Å². The van der Waals surface area contributed by atoms with Gasteiger partial charge in [0.2, 0.25) is 11.8 Å². The van der Waals surface area contributed by atoms with Crippen LogP contribution < -0.4 is 4.90 Å². The first kappa shape index (κ1) is 33.0. The molecule has 5 rings (SSSR count). The number of hydrogen-bond acceptors (Lipinski definition) is 5. The lowest BCUT2D eigenvalue weighted by molar-refractivity contribution is -0.144. The number of amides is 3. The number of thioether (sulfide) groups is 1. The zero-order valence-corrected chi connectivity index (χ0v) is 27.5. The molecule has 0 aliphatic carbocycles. The fraction of sp³-hybridized carbons (Fsp3) is 0.486. The average Bonchev–Trinajstić information content (AvgIpc) is 3.68. The third-order valence-corrected chi connectivity index (χ3v) is 11.7. The van der Waals surface area contributed by atoms with Gasteiger partial charge in [0.1, 0.15) is 6.04 Å². The van der Waals surface area contributed by atoms with Gasteiger partial charge in [0.25, 0.3) is 5.91 Å². The van der Waals surface area contributed by atoms with E-state index in [2.05, 4.69) is 13.2 Å². The topological polar surface area (TPSA) is 81.2 Å². The fourth-order valence-corrected chi connectivity index (χ4v) is 9.91. The quantitative estimate of drug-likeness (QED) is 0.203. The smallest absolute Gasteiger partial charge is 0.251 e. The van der Waals surface area contributed by atoms with Crippen LogP contribution in [0.1, 0.15) is 55.2 Å². The number of fused-ring (bicyclic) bond motifs is 1. The molecule has 3 amide bonds. The zero-order chi connectivity index (χ0) is 32.1. The molecule has 5 atom stereocenters. The largest absolute Gasteiger partial charge is 0.396 e. The van der Waals surface area contributed by atoms with E-state index < -0.39 is 22.6 Å². The van der Waals surface area contributed by atoms with E-state index in [0.29, 0.717) is 26.2 Å². The van der Waals surface area contributed by atoms with Gasteiger partial charge in [-0.3, -0.25) is 14.4 Å². The normalized spacial score (nSPS) is 24.9. The number of aryl methyl sites for hydroxylation is 2. The Morgan fingerprint density at radius 1 is 1.02 bits per heavy atom. The van der Waals surface area contributed by atoms with Gasteiger partial charge in [-0.1, -0.05) is 67.5 Å². The molecule has 3 aliphatic rings. The molecule has 3 heterocycles. The van der Waals surface area contributed by atoms with Gasteiger partial charge in [-0.2, -0.15) is 0 Å². The van der Waals surface area contributed by atoms with Gasteiger partial charge < -0.3 is 19.8 Å². The molecule has 240 valence electrons. The predicted molar refractivity (Wildman–Crippen MR) is 182 cm³/mol. The summed E-state index contributed by atoms with van der Waals surface area (Å²) in [6.45, 7) is 13.7. The van der Waals surface area contributed by atoms with Gasteiger partial charge in [0, 0.05) is 43.7 Å². The van der Waals surface area contributed by atoms with Gasteiger partial charge in [0.15, 0.2) is 0 Å². The lowest BCUT2D eigenvalue weighted by atomic mass is 9.70. The monoisotopic (exact) mass is 629 g/mol. The van der Waals surface area contributed by atoms with Crippen molar-refractivity contribution in [2.75, 3.05) is 31.1 Å². The number of carbonyl (C=O) groups is 3. The van der Waals surface area contributed by atoms with Gasteiger partial charge in [0.05, 0.1) is 16.6 Å². The van der Waals surface area contributed by atoms with E-state index in [0.717, 1.165) is 60.9 Å². The van der Waals surface area contributed by atoms with E-state index in [9.17, 15) is 19.5 Å². The number of benzene rings is 2. The van der Waals surface area contributed by atoms with Crippen LogP contribution in [0.25, 0.3) is 0 Å². The van der Waals surface area contributed by atoms with Gasteiger partial charge in [-0.15, -0.1) is 24.9 Å². The van der Waals surface area contributed by atoms with Crippen LogP contribution in [0.4, 0.5) is 5.69 Å². The highest BCUT2D eigenvalue weighted by Crippen LogP contribution is 2.66. The summed E-state index contributed by atoms with van der Waals surface area (Å²) in [5.41, 5.74) is 3.91. The van der Waals surface area contributed by atoms with Crippen molar-refractivity contribution in [1.82, 2.24) is 9.80 Å². The molecule has 2 aromatic rings. The SMILES string of the molecule is C=CCN(Cc1ccccc1)C(=O)[C@@H]1[C@@H]2CCC3(S2)C(C(=O)N(CC=C)c2cc(C)ccc2C)N(CCCCCCO)C(=O)[C@H]13. The lowest BCUT2D eigenvalue weighted by Crippen LogP contribution is -2.55. The number of carbonyl (C=O) groups excluding carboxylic acids is 3. The summed E-state index contributed by atoms with van der Waals surface area (Å²) in [6, 6.07) is 15.3. The van der Waals surface area contributed by atoms with E-state index in [1.165, 1.54) is 0 Å². The Balaban J connectivity index is 1.51. The predicted octanol–water partition coefficient (Wildman–Crippen LogP) is 5.68. The summed E-state index contributed by atoms with van der Waals surface area (Å²) >= 11 is 1.71. The lowest BCUT2D eigenvalue weighted by Gasteiger charge is -2.38. The van der Waals surface area contributed by atoms with Crippen molar-refractivity contribution in [3.63, 3.8) is 0 Å². The molecule has 1 N–H and O–H groups in total. The second-order valence-electron chi connectivity index (χ2n) is 12.7. The highest BCUT2D eigenvalue weighted by atomic mass is 32.2. The molecule has 3 aliphatic heterocycles. The van der Waals surface area contributed by atoms with Crippen molar-refractivity contribution in [1.29, 1.82) is 0 Å². The van der Waals surface area contributed by atoms with Crippen LogP contribution in [-0.2, 0) is 20.9 Å². The van der Waals surface area contributed by atoms with Crippen LogP contribution in [0, 0.1) is 25.7 Å². The number of aliphatic hydroxyl groups excluding tert-OH is 1. The third-order valence-electron chi connectivity index (χ3n) is 9.74. The van der Waals surface area contributed by atoms with Crippen LogP contribution in [0.5, 0.6) is 0 Å². The van der Waals surface area contributed by atoms with Crippen molar-refractivity contribution in [2.45, 2.75) is 75.0 Å². The first-order valence-electron chi connectivity index (χ1n) is 16.3. The van der Waals surface area contributed by atoms with Gasteiger partial charge in [-0.05, 0) is 62.3 Å². The minimum absolute atomic E-state index is 0.00916. The van der Waals surface area contributed by atoms with Crippen LogP contribution in [0.15, 0.2) is 73.8 Å². The van der Waals surface area contributed by atoms with Gasteiger partial charge in [-0.25, -0.2) is 0 Å². The number of nitrogens with zero attached hydrogens (tertiary/aromatic N) is 3. The molecule has 0 saturated carbocycles. The third kappa shape index (κ3) is 6.36. The average molecular weight is 630 g/mol. The Kier molecular flexibility index (Phi) is 10.6. The Hall–Kier alpha value is -3.36. The molecule has 0 radical (unpaired) electrons. The van der Waals surface area contributed by atoms with E-state index in [4.69, 9.17) is 0 Å². The summed E-state index contributed by atoms with van der Waals surface area (Å²) < 4.78 is -0.659. The Bertz CT molecular complexity index is 1410. The Labute approximate surface area is 272 Å². The number of hydrogen-bond donors (Lipinski definition) is 1. The zero-order valence-electron chi connectivity index (χ0n) is 26.7. The molecule has 1 spiro atoms. The summed E-state index contributed by atoms with van der Waals surface area (Å²) in [5, 5.41) is 9.26. The number of likely N-dealkylation sites (tertiary alicyclic amines) is 1. The van der Waals surface area contributed by atoms with Crippen molar-refractivity contribution >= 4 is 35.2 Å². The van der Waals surface area contributed by atoms with Crippen LogP contribution in [-0.4, -0.2) is 74.9 Å². The van der Waals surface area contributed by atoms with E-state index in [1.54, 1.807) is 28.8 Å². The summed E-state index contributed by atoms with van der Waals surface area (Å²) in [7, 11) is 0. The molecule has 3 saturated heterocycles. The van der Waals surface area contributed by atoms with Crippen molar-refractivity contribution in [3.8, 4) is 0 Å². The highest BCUT2D eigenvalue weighted by Gasteiger charge is 2.74. The molecule has 2 bridgehead atoms. The Morgan fingerprint density at radius 3 is 2.47 bits per heavy atom. The minimum atomic E-state index is -0.664. The minimum Gasteiger partial charge on any atom is -0.396 e. The fourth-order valence-electron chi connectivity index (χ4n) is 7.70. The maximum absolute atomic E-state index is 14.9. The van der Waals surface area contributed by atoms with Gasteiger partial charge >= 0.3 is 0 Å². The van der Waals surface area contributed by atoms with Crippen LogP contribution in [0.3, 0.4) is 0 Å². The molecule has 7 nitrogen and oxygen atoms in total. The maximum atomic E-state index is 14.9. The number of rotatable bonds is 15. The second kappa shape index (κ2) is 14.4. The summed E-state index contributed by atoms with van der Waals surface area (Å²) in [4.78, 5) is 49.4. The molecule has 3 fully saturated rings. The molecular formula is C37H47N3O4S. The molecule has 45 heavy (non-hydrogen) atoms. The van der Waals surface area contributed by atoms with E-state index >= 15 is 0 Å². The molecule has 8 heteroatoms. The highest BCUT2D eigenvalue weighted by molar-refractivity contribution is 8.02. The first-order chi connectivity index (χ1) is 21.8. The Morgan fingerprint density at radius 2 is 1.76 bits per heavy atom. The van der Waals surface area contributed by atoms with Crippen molar-refractivity contribution in [2.24, 2.45) is 11.8 Å². The standard InChI is InChI=1S/C37H47N3O4S/c1-5-20-38(25-28-14-10-9-11-15-28)34(42)31-30-18-19-37(45-30)32(31)35(43)40(22-12-7-8-13-23-41)33(37)36(44)39(21-6-2)29-24-26(3)16-17-27(29)4/h5-6,9-11,14-17,24,30-33,41H,1-2,7-8,12-13,18-23,25H2,3-4H3/t30-,31+,32-,33?,37?/m0/s1. The van der Waals surface area contributed by atoms with Crippen LogP contribution >= 0.6 is 11.8 Å². The van der Waals surface area contributed by atoms with Crippen LogP contribution in [0.2, 0.25) is 0 Å². The number of anilines is 1. The summed E-state index contributed by atoms with van der Waals surface area (Å²) in [5.74, 6) is -1.22. The molecule has 2 aromatic carbocycles. The van der Waals surface area contributed by atoms with E-state index in [1.807, 2.05) is 72.2 Å². The first-order valence-corrected chi connectivity index (χ1v) is 17.2. The molecule has 0 aromatic heterocycles.